The van der Waals surface area contributed by atoms with E-state index in [0.29, 0.717) is 42.0 Å². The van der Waals surface area contributed by atoms with E-state index in [0.717, 1.165) is 36.3 Å². The van der Waals surface area contributed by atoms with Gasteiger partial charge in [0.05, 0.1) is 5.02 Å². The molecule has 3 aromatic rings. The standard InChI is InChI=1S/C26H28Cl2FN3O7S2/c1-2-3-6-18(38-26(35)31-15-24(33)34)7-4-5-16-12-17(27)8-9-21(16)39-22-14-20(29)23(13-19(22)28)41(36,37)32-25-30-10-11-40-25/h8-14,18H,2-7,15H2,1H3,(H,30,32)(H,31,35)(H,33,34). The Balaban J connectivity index is 1.71. The predicted molar refractivity (Wildman–Crippen MR) is 154 cm³/mol. The zero-order valence-corrected chi connectivity index (χ0v) is 25.0. The topological polar surface area (TPSA) is 144 Å². The van der Waals surface area contributed by atoms with Crippen LogP contribution in [-0.4, -0.2) is 43.2 Å². The lowest BCUT2D eigenvalue weighted by molar-refractivity contribution is -0.135. The largest absolute Gasteiger partial charge is 0.480 e. The summed E-state index contributed by atoms with van der Waals surface area (Å²) >= 11 is 13.5. The van der Waals surface area contributed by atoms with Crippen molar-refractivity contribution in [3.05, 3.63) is 63.3 Å². The van der Waals surface area contributed by atoms with Gasteiger partial charge >= 0.3 is 12.1 Å². The lowest BCUT2D eigenvalue weighted by Crippen LogP contribution is -2.33. The first-order chi connectivity index (χ1) is 19.5. The highest BCUT2D eigenvalue weighted by atomic mass is 35.5. The Bertz CT molecular complexity index is 1460. The molecule has 3 rings (SSSR count). The molecule has 0 bridgehead atoms. The number of hydrogen-bond acceptors (Lipinski definition) is 8. The predicted octanol–water partition coefficient (Wildman–Crippen LogP) is 6.87. The number of rotatable bonds is 15. The zero-order valence-electron chi connectivity index (χ0n) is 21.9. The number of aromatic nitrogens is 1. The molecule has 1 heterocycles. The van der Waals surface area contributed by atoms with E-state index in [1.54, 1.807) is 23.6 Å². The van der Waals surface area contributed by atoms with Gasteiger partial charge in [0.15, 0.2) is 5.13 Å². The SMILES string of the molecule is CCCCC(CCCc1cc(Cl)ccc1Oc1cc(F)c(S(=O)(=O)Nc2nccs2)cc1Cl)OC(=O)NCC(=O)O. The Morgan fingerprint density at radius 2 is 1.90 bits per heavy atom. The molecule has 0 spiro atoms. The number of aliphatic carboxylic acids is 1. The Labute approximate surface area is 250 Å². The number of hydrogen-bond donors (Lipinski definition) is 3. The maximum absolute atomic E-state index is 14.9. The number of carboxylic acids is 1. The van der Waals surface area contributed by atoms with Crippen LogP contribution in [0.15, 0.2) is 46.8 Å². The summed E-state index contributed by atoms with van der Waals surface area (Å²) in [6.45, 7) is 1.46. The van der Waals surface area contributed by atoms with E-state index in [2.05, 4.69) is 15.0 Å². The van der Waals surface area contributed by atoms with Crippen molar-refractivity contribution in [2.75, 3.05) is 11.3 Å². The molecule has 15 heteroatoms. The Morgan fingerprint density at radius 3 is 2.59 bits per heavy atom. The third-order valence-electron chi connectivity index (χ3n) is 5.68. The quantitative estimate of drug-likeness (QED) is 0.162. The molecule has 0 saturated heterocycles. The van der Waals surface area contributed by atoms with Crippen molar-refractivity contribution >= 4 is 61.8 Å². The highest BCUT2D eigenvalue weighted by Gasteiger charge is 2.24. The van der Waals surface area contributed by atoms with Gasteiger partial charge in [0.1, 0.15) is 34.9 Å². The van der Waals surface area contributed by atoms with E-state index in [1.165, 1.54) is 6.20 Å². The molecule has 0 radical (unpaired) electrons. The average Bonchev–Trinajstić information content (AvgIpc) is 3.41. The molecule has 0 fully saturated rings. The van der Waals surface area contributed by atoms with Crippen LogP contribution < -0.4 is 14.8 Å². The van der Waals surface area contributed by atoms with Crippen LogP contribution in [0.1, 0.15) is 44.6 Å². The highest BCUT2D eigenvalue weighted by molar-refractivity contribution is 7.93. The third-order valence-corrected chi connectivity index (χ3v) is 8.38. The Hall–Kier alpha value is -3.13. The molecule has 3 N–H and O–H groups in total. The van der Waals surface area contributed by atoms with E-state index in [9.17, 15) is 22.4 Å². The van der Waals surface area contributed by atoms with Crippen LogP contribution in [0.4, 0.5) is 14.3 Å². The van der Waals surface area contributed by atoms with Gasteiger partial charge < -0.3 is 19.9 Å². The minimum Gasteiger partial charge on any atom is -0.480 e. The van der Waals surface area contributed by atoms with Gasteiger partial charge in [0.2, 0.25) is 0 Å². The van der Waals surface area contributed by atoms with Gasteiger partial charge in [-0.25, -0.2) is 22.6 Å². The van der Waals surface area contributed by atoms with E-state index < -0.39 is 45.4 Å². The number of halogens is 3. The number of unbranched alkanes of at least 4 members (excludes halogenated alkanes) is 1. The van der Waals surface area contributed by atoms with Gasteiger partial charge in [-0.3, -0.25) is 9.52 Å². The summed E-state index contributed by atoms with van der Waals surface area (Å²) in [4.78, 5) is 25.8. The van der Waals surface area contributed by atoms with Gasteiger partial charge in [0, 0.05) is 22.7 Å². The molecule has 1 amide bonds. The van der Waals surface area contributed by atoms with Gasteiger partial charge in [-0.1, -0.05) is 43.0 Å². The summed E-state index contributed by atoms with van der Waals surface area (Å²) in [7, 11) is -4.29. The lowest BCUT2D eigenvalue weighted by Gasteiger charge is -2.18. The molecule has 0 saturated carbocycles. The van der Waals surface area contributed by atoms with E-state index in [1.807, 2.05) is 6.92 Å². The number of anilines is 1. The molecule has 41 heavy (non-hydrogen) atoms. The van der Waals surface area contributed by atoms with E-state index in [4.69, 9.17) is 37.8 Å². The summed E-state index contributed by atoms with van der Waals surface area (Å²) < 4.78 is 53.7. The number of alkyl carbamates (subject to hydrolysis) is 1. The summed E-state index contributed by atoms with van der Waals surface area (Å²) in [5.41, 5.74) is 0.667. The second kappa shape index (κ2) is 15.2. The first-order valence-electron chi connectivity index (χ1n) is 12.5. The van der Waals surface area contributed by atoms with Crippen molar-refractivity contribution in [1.29, 1.82) is 0 Å². The molecule has 222 valence electrons. The summed E-state index contributed by atoms with van der Waals surface area (Å²) in [5, 5.41) is 12.9. The van der Waals surface area contributed by atoms with Crippen LogP contribution in [0.5, 0.6) is 11.5 Å². The maximum atomic E-state index is 14.9. The number of thiazole rings is 1. The number of sulfonamides is 1. The minimum absolute atomic E-state index is 0.0786. The molecular formula is C26H28Cl2FN3O7S2. The van der Waals surface area contributed by atoms with E-state index >= 15 is 0 Å². The zero-order chi connectivity index (χ0) is 30.0. The van der Waals surface area contributed by atoms with Gasteiger partial charge in [0.25, 0.3) is 10.0 Å². The van der Waals surface area contributed by atoms with Crippen molar-refractivity contribution in [1.82, 2.24) is 10.3 Å². The molecule has 1 atom stereocenters. The number of aryl methyl sites for hydroxylation is 1. The molecule has 0 aliphatic heterocycles. The molecular weight excluding hydrogens is 620 g/mol. The fraction of sp³-hybridized carbons (Fsp3) is 0.346. The fourth-order valence-electron chi connectivity index (χ4n) is 3.75. The number of nitrogens with one attached hydrogen (secondary N) is 2. The Kier molecular flexibility index (Phi) is 12.0. The summed E-state index contributed by atoms with van der Waals surface area (Å²) in [5.74, 6) is -2.01. The number of amides is 1. The normalized spacial score (nSPS) is 12.0. The third kappa shape index (κ3) is 10.0. The Morgan fingerprint density at radius 1 is 1.15 bits per heavy atom. The van der Waals surface area contributed by atoms with Crippen molar-refractivity contribution in [2.24, 2.45) is 0 Å². The number of carbonyl (C=O) groups excluding carboxylic acids is 1. The van der Waals surface area contributed by atoms with Gasteiger partial charge in [-0.15, -0.1) is 11.3 Å². The smallest absolute Gasteiger partial charge is 0.407 e. The molecule has 1 aromatic heterocycles. The van der Waals surface area contributed by atoms with Gasteiger partial charge in [-0.05, 0) is 55.5 Å². The lowest BCUT2D eigenvalue weighted by atomic mass is 10.0. The monoisotopic (exact) mass is 647 g/mol. The first-order valence-corrected chi connectivity index (χ1v) is 15.6. The number of ether oxygens (including phenoxy) is 2. The van der Waals surface area contributed by atoms with Crippen LogP contribution in [0.3, 0.4) is 0 Å². The van der Waals surface area contributed by atoms with Gasteiger partial charge in [-0.2, -0.15) is 0 Å². The summed E-state index contributed by atoms with van der Waals surface area (Å²) in [6, 6.07) is 6.70. The van der Waals surface area contributed by atoms with Crippen LogP contribution in [0, 0.1) is 5.82 Å². The average molecular weight is 649 g/mol. The number of nitrogens with zero attached hydrogens (tertiary/aromatic N) is 1. The molecule has 2 aromatic carbocycles. The summed E-state index contributed by atoms with van der Waals surface area (Å²) in [6.07, 6.45) is 3.98. The number of carbonyl (C=O) groups is 2. The molecule has 0 aliphatic carbocycles. The second-order valence-electron chi connectivity index (χ2n) is 8.82. The van der Waals surface area contributed by atoms with Crippen LogP contribution in [0.2, 0.25) is 10.0 Å². The second-order valence-corrected chi connectivity index (χ2v) is 12.2. The molecule has 1 unspecified atom stereocenters. The maximum Gasteiger partial charge on any atom is 0.407 e. The minimum atomic E-state index is -4.29. The van der Waals surface area contributed by atoms with Crippen molar-refractivity contribution in [2.45, 2.75) is 56.4 Å². The van der Waals surface area contributed by atoms with Crippen LogP contribution in [0.25, 0.3) is 0 Å². The van der Waals surface area contributed by atoms with Crippen LogP contribution >= 0.6 is 34.5 Å². The number of benzene rings is 2. The van der Waals surface area contributed by atoms with Crippen molar-refractivity contribution < 1.29 is 37.0 Å². The van der Waals surface area contributed by atoms with Crippen molar-refractivity contribution in [3.63, 3.8) is 0 Å². The highest BCUT2D eigenvalue weighted by Crippen LogP contribution is 2.36. The van der Waals surface area contributed by atoms with Crippen molar-refractivity contribution in [3.8, 4) is 11.5 Å². The number of carboxylic acid groups (broad SMARTS) is 1. The van der Waals surface area contributed by atoms with E-state index in [-0.39, 0.29) is 15.9 Å². The molecule has 10 nitrogen and oxygen atoms in total. The van der Waals surface area contributed by atoms with Crippen LogP contribution in [-0.2, 0) is 26.0 Å². The molecule has 0 aliphatic rings. The fourth-order valence-corrected chi connectivity index (χ4v) is 6.09. The first kappa shape index (κ1) is 32.4.